The first-order valence-corrected chi connectivity index (χ1v) is 7.44. The number of thiophene rings is 1. The quantitative estimate of drug-likeness (QED) is 0.812. The summed E-state index contributed by atoms with van der Waals surface area (Å²) in [5, 5.41) is 7.32. The second-order valence-electron chi connectivity index (χ2n) is 4.55. The molecule has 0 saturated carbocycles. The average Bonchev–Trinajstić information content (AvgIpc) is 2.87. The molecule has 0 aliphatic rings. The number of rotatable bonds is 4. The van der Waals surface area contributed by atoms with Gasteiger partial charge in [0, 0.05) is 17.8 Å². The number of nitrogen functional groups attached to an aromatic ring is 1. The fourth-order valence-corrected chi connectivity index (χ4v) is 2.60. The van der Waals surface area contributed by atoms with E-state index in [0.29, 0.717) is 28.4 Å². The van der Waals surface area contributed by atoms with Gasteiger partial charge in [0.25, 0.3) is 11.8 Å². The number of carbonyl (C=O) groups excluding carboxylic acids is 2. The first-order chi connectivity index (χ1) is 10.0. The number of amides is 2. The molecule has 1 heterocycles. The Kier molecular flexibility index (Phi) is 4.59. The van der Waals surface area contributed by atoms with Crippen LogP contribution in [0.2, 0.25) is 0 Å². The third kappa shape index (κ3) is 3.41. The van der Waals surface area contributed by atoms with Crippen molar-refractivity contribution in [2.24, 2.45) is 0 Å². The van der Waals surface area contributed by atoms with Crippen LogP contribution < -0.4 is 16.4 Å². The Morgan fingerprint density at radius 2 is 2.00 bits per heavy atom. The van der Waals surface area contributed by atoms with Gasteiger partial charge in [-0.15, -0.1) is 11.3 Å². The first kappa shape index (κ1) is 15.1. The van der Waals surface area contributed by atoms with E-state index in [2.05, 4.69) is 10.6 Å². The minimum absolute atomic E-state index is 0.124. The van der Waals surface area contributed by atoms with Crippen molar-refractivity contribution in [2.75, 3.05) is 17.6 Å². The SMILES string of the molecule is CCNC(=O)c1ccc(NC(=O)c2sccc2N)c(C)c1. The lowest BCUT2D eigenvalue weighted by atomic mass is 10.1. The molecule has 1 aromatic carbocycles. The number of benzene rings is 1. The van der Waals surface area contributed by atoms with Crippen molar-refractivity contribution < 1.29 is 9.59 Å². The molecule has 0 fully saturated rings. The molecule has 0 saturated heterocycles. The third-order valence-corrected chi connectivity index (χ3v) is 3.91. The van der Waals surface area contributed by atoms with Crippen LogP contribution in [0, 0.1) is 6.92 Å². The normalized spacial score (nSPS) is 10.2. The molecule has 2 rings (SSSR count). The Labute approximate surface area is 127 Å². The van der Waals surface area contributed by atoms with E-state index in [0.717, 1.165) is 5.56 Å². The van der Waals surface area contributed by atoms with Crippen LogP contribution in [-0.2, 0) is 0 Å². The lowest BCUT2D eigenvalue weighted by Gasteiger charge is -2.10. The van der Waals surface area contributed by atoms with Crippen LogP contribution in [0.5, 0.6) is 0 Å². The van der Waals surface area contributed by atoms with E-state index in [1.54, 1.807) is 29.6 Å². The number of nitrogens with two attached hydrogens (primary N) is 1. The molecule has 0 unspecified atom stereocenters. The predicted octanol–water partition coefficient (Wildman–Crippen LogP) is 2.64. The third-order valence-electron chi connectivity index (χ3n) is 2.98. The Bertz CT molecular complexity index is 679. The van der Waals surface area contributed by atoms with E-state index < -0.39 is 0 Å². The van der Waals surface area contributed by atoms with Crippen LogP contribution in [0.25, 0.3) is 0 Å². The van der Waals surface area contributed by atoms with Gasteiger partial charge in [0.2, 0.25) is 0 Å². The van der Waals surface area contributed by atoms with Crippen molar-refractivity contribution in [3.63, 3.8) is 0 Å². The van der Waals surface area contributed by atoms with Gasteiger partial charge in [0.1, 0.15) is 4.88 Å². The van der Waals surface area contributed by atoms with E-state index in [4.69, 9.17) is 5.73 Å². The number of anilines is 2. The number of carbonyl (C=O) groups is 2. The van der Waals surface area contributed by atoms with Crippen molar-refractivity contribution in [1.82, 2.24) is 5.32 Å². The summed E-state index contributed by atoms with van der Waals surface area (Å²) >= 11 is 1.30. The maximum Gasteiger partial charge on any atom is 0.267 e. The molecule has 21 heavy (non-hydrogen) atoms. The molecule has 0 radical (unpaired) electrons. The molecule has 2 amide bonds. The van der Waals surface area contributed by atoms with E-state index in [9.17, 15) is 9.59 Å². The summed E-state index contributed by atoms with van der Waals surface area (Å²) in [5.41, 5.74) is 8.25. The summed E-state index contributed by atoms with van der Waals surface area (Å²) < 4.78 is 0. The highest BCUT2D eigenvalue weighted by molar-refractivity contribution is 7.12. The molecule has 0 aliphatic carbocycles. The standard InChI is InChI=1S/C15H17N3O2S/c1-3-17-14(19)10-4-5-12(9(2)8-10)18-15(20)13-11(16)6-7-21-13/h4-8H,3,16H2,1-2H3,(H,17,19)(H,18,20). The molecule has 0 spiro atoms. The van der Waals surface area contributed by atoms with Crippen LogP contribution in [0.15, 0.2) is 29.6 Å². The molecule has 0 aliphatic heterocycles. The topological polar surface area (TPSA) is 84.2 Å². The van der Waals surface area contributed by atoms with Gasteiger partial charge in [-0.1, -0.05) is 0 Å². The maximum atomic E-state index is 12.1. The lowest BCUT2D eigenvalue weighted by Crippen LogP contribution is -2.22. The molecule has 0 bridgehead atoms. The number of aryl methyl sites for hydroxylation is 1. The van der Waals surface area contributed by atoms with Gasteiger partial charge in [-0.3, -0.25) is 9.59 Å². The zero-order valence-electron chi connectivity index (χ0n) is 11.9. The van der Waals surface area contributed by atoms with Gasteiger partial charge in [-0.05, 0) is 49.1 Å². The minimum Gasteiger partial charge on any atom is -0.397 e. The summed E-state index contributed by atoms with van der Waals surface area (Å²) in [6.45, 7) is 4.29. The Hall–Kier alpha value is -2.34. The molecule has 6 heteroatoms. The average molecular weight is 303 g/mol. The Balaban J connectivity index is 2.16. The monoisotopic (exact) mass is 303 g/mol. The van der Waals surface area contributed by atoms with Crippen molar-refractivity contribution in [2.45, 2.75) is 13.8 Å². The highest BCUT2D eigenvalue weighted by Crippen LogP contribution is 2.22. The fraction of sp³-hybridized carbons (Fsp3) is 0.200. The van der Waals surface area contributed by atoms with Crippen LogP contribution in [-0.4, -0.2) is 18.4 Å². The van der Waals surface area contributed by atoms with Gasteiger partial charge in [-0.2, -0.15) is 0 Å². The van der Waals surface area contributed by atoms with Crippen molar-refractivity contribution >= 4 is 34.5 Å². The summed E-state index contributed by atoms with van der Waals surface area (Å²) in [6, 6.07) is 6.86. The minimum atomic E-state index is -0.239. The summed E-state index contributed by atoms with van der Waals surface area (Å²) in [6.07, 6.45) is 0. The van der Waals surface area contributed by atoms with Gasteiger partial charge in [0.05, 0.1) is 5.69 Å². The molecule has 2 aromatic rings. The van der Waals surface area contributed by atoms with E-state index in [1.165, 1.54) is 11.3 Å². The number of hydrogen-bond donors (Lipinski definition) is 3. The predicted molar refractivity (Wildman–Crippen MR) is 85.9 cm³/mol. The Morgan fingerprint density at radius 1 is 1.24 bits per heavy atom. The zero-order valence-corrected chi connectivity index (χ0v) is 12.7. The van der Waals surface area contributed by atoms with Crippen LogP contribution >= 0.6 is 11.3 Å². The van der Waals surface area contributed by atoms with Crippen molar-refractivity contribution in [1.29, 1.82) is 0 Å². The molecule has 4 N–H and O–H groups in total. The van der Waals surface area contributed by atoms with Crippen LogP contribution in [0.1, 0.15) is 32.5 Å². The van der Waals surface area contributed by atoms with Gasteiger partial charge in [-0.25, -0.2) is 0 Å². The lowest BCUT2D eigenvalue weighted by molar-refractivity contribution is 0.0955. The number of nitrogens with one attached hydrogen (secondary N) is 2. The second-order valence-corrected chi connectivity index (χ2v) is 5.46. The molecular formula is C15H17N3O2S. The van der Waals surface area contributed by atoms with E-state index in [1.807, 2.05) is 13.8 Å². The number of hydrogen-bond acceptors (Lipinski definition) is 4. The van der Waals surface area contributed by atoms with E-state index >= 15 is 0 Å². The van der Waals surface area contributed by atoms with Gasteiger partial charge >= 0.3 is 0 Å². The maximum absolute atomic E-state index is 12.1. The molecule has 1 aromatic heterocycles. The van der Waals surface area contributed by atoms with Crippen molar-refractivity contribution in [3.05, 3.63) is 45.6 Å². The highest BCUT2D eigenvalue weighted by Gasteiger charge is 2.13. The molecule has 5 nitrogen and oxygen atoms in total. The molecular weight excluding hydrogens is 286 g/mol. The van der Waals surface area contributed by atoms with Gasteiger partial charge < -0.3 is 16.4 Å². The Morgan fingerprint density at radius 3 is 2.57 bits per heavy atom. The fourth-order valence-electron chi connectivity index (χ4n) is 1.89. The van der Waals surface area contributed by atoms with Crippen LogP contribution in [0.3, 0.4) is 0 Å². The summed E-state index contributed by atoms with van der Waals surface area (Å²) in [5.74, 6) is -0.364. The van der Waals surface area contributed by atoms with Crippen LogP contribution in [0.4, 0.5) is 11.4 Å². The largest absolute Gasteiger partial charge is 0.397 e. The van der Waals surface area contributed by atoms with Gasteiger partial charge in [0.15, 0.2) is 0 Å². The zero-order chi connectivity index (χ0) is 15.4. The van der Waals surface area contributed by atoms with E-state index in [-0.39, 0.29) is 11.8 Å². The highest BCUT2D eigenvalue weighted by atomic mass is 32.1. The smallest absolute Gasteiger partial charge is 0.267 e. The second kappa shape index (κ2) is 6.41. The molecule has 0 atom stereocenters. The summed E-state index contributed by atoms with van der Waals surface area (Å²) in [4.78, 5) is 24.3. The summed E-state index contributed by atoms with van der Waals surface area (Å²) in [7, 11) is 0. The van der Waals surface area contributed by atoms with Crippen molar-refractivity contribution in [3.8, 4) is 0 Å². The first-order valence-electron chi connectivity index (χ1n) is 6.56. The molecule has 110 valence electrons.